The van der Waals surface area contributed by atoms with Gasteiger partial charge in [-0.2, -0.15) is 0 Å². The van der Waals surface area contributed by atoms with Gasteiger partial charge in [-0.25, -0.2) is 4.79 Å². The van der Waals surface area contributed by atoms with Crippen molar-refractivity contribution < 1.29 is 9.59 Å². The summed E-state index contributed by atoms with van der Waals surface area (Å²) in [5.41, 5.74) is 8.02. The summed E-state index contributed by atoms with van der Waals surface area (Å²) in [5.74, 6) is -0.0970. The molecule has 1 aliphatic rings. The summed E-state index contributed by atoms with van der Waals surface area (Å²) in [4.78, 5) is 26.9. The van der Waals surface area contributed by atoms with E-state index in [1.807, 2.05) is 13.0 Å². The molecule has 1 heterocycles. The van der Waals surface area contributed by atoms with E-state index < -0.39 is 0 Å². The van der Waals surface area contributed by atoms with Crippen molar-refractivity contribution in [2.45, 2.75) is 13.3 Å². The molecular weight excluding hydrogens is 256 g/mol. The highest BCUT2D eigenvalue weighted by atomic mass is 16.2. The maximum atomic E-state index is 11.9. The number of amides is 3. The van der Waals surface area contributed by atoms with Gasteiger partial charge in [0.25, 0.3) is 0 Å². The van der Waals surface area contributed by atoms with Gasteiger partial charge in [0.2, 0.25) is 5.91 Å². The van der Waals surface area contributed by atoms with Gasteiger partial charge in [-0.15, -0.1) is 0 Å². The first-order chi connectivity index (χ1) is 9.47. The lowest BCUT2D eigenvalue weighted by molar-refractivity contribution is -0.116. The molecule has 108 valence electrons. The zero-order valence-electron chi connectivity index (χ0n) is 11.8. The number of nitrogens with two attached hydrogens (primary N) is 1. The van der Waals surface area contributed by atoms with E-state index in [1.165, 1.54) is 0 Å². The van der Waals surface area contributed by atoms with Crippen molar-refractivity contribution >= 4 is 23.3 Å². The fourth-order valence-electron chi connectivity index (χ4n) is 2.19. The first-order valence-electron chi connectivity index (χ1n) is 6.63. The van der Waals surface area contributed by atoms with E-state index in [2.05, 4.69) is 5.32 Å². The van der Waals surface area contributed by atoms with Gasteiger partial charge in [-0.05, 0) is 30.7 Å². The van der Waals surface area contributed by atoms with Gasteiger partial charge >= 0.3 is 6.03 Å². The van der Waals surface area contributed by atoms with E-state index in [0.29, 0.717) is 25.2 Å². The Hall–Kier alpha value is -2.24. The number of carbonyl (C=O) groups excluding carboxylic acids is 2. The van der Waals surface area contributed by atoms with Crippen molar-refractivity contribution in [1.82, 2.24) is 9.80 Å². The SMILES string of the molecule is Cc1cc(N)ccc1NC(=O)CCN1CCN(C)C1=O. The molecule has 1 saturated heterocycles. The van der Waals surface area contributed by atoms with Gasteiger partial charge in [0, 0.05) is 44.5 Å². The Morgan fingerprint density at radius 2 is 2.15 bits per heavy atom. The molecule has 0 radical (unpaired) electrons. The Morgan fingerprint density at radius 1 is 1.40 bits per heavy atom. The van der Waals surface area contributed by atoms with Crippen LogP contribution in [-0.2, 0) is 4.79 Å². The second kappa shape index (κ2) is 5.81. The molecular formula is C14H20N4O2. The summed E-state index contributed by atoms with van der Waals surface area (Å²) < 4.78 is 0. The number of benzene rings is 1. The largest absolute Gasteiger partial charge is 0.399 e. The molecule has 1 aromatic carbocycles. The standard InChI is InChI=1S/C14H20N4O2/c1-10-9-11(15)3-4-12(10)16-13(19)5-6-18-8-7-17(2)14(18)20/h3-4,9H,5-8,15H2,1-2H3,(H,16,19). The zero-order chi connectivity index (χ0) is 14.7. The van der Waals surface area contributed by atoms with Gasteiger partial charge < -0.3 is 20.9 Å². The fourth-order valence-corrected chi connectivity index (χ4v) is 2.19. The van der Waals surface area contributed by atoms with E-state index in [1.54, 1.807) is 29.0 Å². The summed E-state index contributed by atoms with van der Waals surface area (Å²) >= 11 is 0. The van der Waals surface area contributed by atoms with Crippen LogP contribution in [0.15, 0.2) is 18.2 Å². The molecule has 6 heteroatoms. The fraction of sp³-hybridized carbons (Fsp3) is 0.429. The number of anilines is 2. The molecule has 20 heavy (non-hydrogen) atoms. The van der Waals surface area contributed by atoms with Gasteiger partial charge in [-0.3, -0.25) is 4.79 Å². The number of urea groups is 1. The minimum absolute atomic E-state index is 0.0125. The summed E-state index contributed by atoms with van der Waals surface area (Å²) in [5, 5.41) is 2.84. The molecule has 1 aliphatic heterocycles. The molecule has 0 aliphatic carbocycles. The molecule has 2 rings (SSSR count). The van der Waals surface area contributed by atoms with Gasteiger partial charge in [0.1, 0.15) is 0 Å². The van der Waals surface area contributed by atoms with Crippen LogP contribution in [0.3, 0.4) is 0 Å². The number of nitrogens with one attached hydrogen (secondary N) is 1. The number of hydrogen-bond acceptors (Lipinski definition) is 3. The molecule has 3 amide bonds. The lowest BCUT2D eigenvalue weighted by Crippen LogP contribution is -2.32. The molecule has 1 aromatic rings. The average molecular weight is 276 g/mol. The summed E-state index contributed by atoms with van der Waals surface area (Å²) in [6, 6.07) is 5.34. The van der Waals surface area contributed by atoms with Crippen LogP contribution in [-0.4, -0.2) is 48.4 Å². The van der Waals surface area contributed by atoms with Crippen LogP contribution in [0.1, 0.15) is 12.0 Å². The van der Waals surface area contributed by atoms with E-state index in [9.17, 15) is 9.59 Å². The van der Waals surface area contributed by atoms with Crippen molar-refractivity contribution in [3.63, 3.8) is 0 Å². The second-order valence-corrected chi connectivity index (χ2v) is 5.06. The maximum Gasteiger partial charge on any atom is 0.319 e. The van der Waals surface area contributed by atoms with Crippen LogP contribution >= 0.6 is 0 Å². The smallest absolute Gasteiger partial charge is 0.319 e. The molecule has 0 spiro atoms. The quantitative estimate of drug-likeness (QED) is 0.813. The van der Waals surface area contributed by atoms with Crippen molar-refractivity contribution in [1.29, 1.82) is 0 Å². The van der Waals surface area contributed by atoms with E-state index in [-0.39, 0.29) is 11.9 Å². The van der Waals surface area contributed by atoms with Crippen LogP contribution in [0.25, 0.3) is 0 Å². The topological polar surface area (TPSA) is 78.7 Å². The van der Waals surface area contributed by atoms with Crippen molar-refractivity contribution in [2.75, 3.05) is 37.7 Å². The van der Waals surface area contributed by atoms with Crippen molar-refractivity contribution in [3.8, 4) is 0 Å². The third-order valence-corrected chi connectivity index (χ3v) is 3.44. The molecule has 0 bridgehead atoms. The number of nitrogen functional groups attached to an aromatic ring is 1. The van der Waals surface area contributed by atoms with Crippen molar-refractivity contribution in [3.05, 3.63) is 23.8 Å². The molecule has 0 aromatic heterocycles. The van der Waals surface area contributed by atoms with Gasteiger partial charge in [-0.1, -0.05) is 0 Å². The lowest BCUT2D eigenvalue weighted by Gasteiger charge is -2.16. The highest BCUT2D eigenvalue weighted by molar-refractivity contribution is 5.92. The molecule has 3 N–H and O–H groups in total. The predicted octanol–water partition coefficient (Wildman–Crippen LogP) is 1.27. The number of nitrogens with zero attached hydrogens (tertiary/aromatic N) is 2. The first-order valence-corrected chi connectivity index (χ1v) is 6.63. The Morgan fingerprint density at radius 3 is 2.75 bits per heavy atom. The number of aryl methyl sites for hydroxylation is 1. The Kier molecular flexibility index (Phi) is 4.12. The van der Waals surface area contributed by atoms with Crippen LogP contribution in [0.2, 0.25) is 0 Å². The third kappa shape index (κ3) is 3.20. The maximum absolute atomic E-state index is 11.9. The summed E-state index contributed by atoms with van der Waals surface area (Å²) in [6.07, 6.45) is 0.295. The number of carbonyl (C=O) groups is 2. The molecule has 1 fully saturated rings. The normalized spacial score (nSPS) is 14.8. The molecule has 0 atom stereocenters. The minimum Gasteiger partial charge on any atom is -0.399 e. The number of rotatable bonds is 4. The third-order valence-electron chi connectivity index (χ3n) is 3.44. The van der Waals surface area contributed by atoms with E-state index in [4.69, 9.17) is 5.73 Å². The summed E-state index contributed by atoms with van der Waals surface area (Å²) in [6.45, 7) is 3.75. The Bertz CT molecular complexity index is 530. The zero-order valence-corrected chi connectivity index (χ0v) is 11.8. The minimum atomic E-state index is -0.0970. The van der Waals surface area contributed by atoms with Crippen molar-refractivity contribution in [2.24, 2.45) is 0 Å². The Labute approximate surface area is 118 Å². The van der Waals surface area contributed by atoms with E-state index in [0.717, 1.165) is 17.8 Å². The highest BCUT2D eigenvalue weighted by Crippen LogP contribution is 2.18. The number of hydrogen-bond donors (Lipinski definition) is 2. The van der Waals surface area contributed by atoms with Gasteiger partial charge in [0.15, 0.2) is 0 Å². The molecule has 6 nitrogen and oxygen atoms in total. The molecule has 0 saturated carbocycles. The molecule has 0 unspecified atom stereocenters. The second-order valence-electron chi connectivity index (χ2n) is 5.06. The van der Waals surface area contributed by atoms with Crippen LogP contribution in [0.5, 0.6) is 0 Å². The Balaban J connectivity index is 1.85. The summed E-state index contributed by atoms with van der Waals surface area (Å²) in [7, 11) is 1.76. The first kappa shape index (κ1) is 14.2. The number of likely N-dealkylation sites (N-methyl/N-ethyl adjacent to an activating group) is 1. The average Bonchev–Trinajstić information content (AvgIpc) is 2.71. The van der Waals surface area contributed by atoms with Crippen LogP contribution in [0.4, 0.5) is 16.2 Å². The van der Waals surface area contributed by atoms with Crippen LogP contribution < -0.4 is 11.1 Å². The highest BCUT2D eigenvalue weighted by Gasteiger charge is 2.25. The monoisotopic (exact) mass is 276 g/mol. The van der Waals surface area contributed by atoms with E-state index >= 15 is 0 Å². The lowest BCUT2D eigenvalue weighted by atomic mass is 10.2. The van der Waals surface area contributed by atoms with Crippen LogP contribution in [0, 0.1) is 6.92 Å². The van der Waals surface area contributed by atoms with Gasteiger partial charge in [0.05, 0.1) is 0 Å². The predicted molar refractivity (Wildman–Crippen MR) is 78.4 cm³/mol.